The number of carbonyl (C=O) groups is 2. The smallest absolute Gasteiger partial charge is 0.415 e. The van der Waals surface area contributed by atoms with Gasteiger partial charge in [-0.3, -0.25) is 14.3 Å². The third-order valence-electron chi connectivity index (χ3n) is 6.10. The Bertz CT molecular complexity index is 1130. The fourth-order valence-electron chi connectivity index (χ4n) is 4.39. The van der Waals surface area contributed by atoms with Gasteiger partial charge in [-0.2, -0.15) is 0 Å². The van der Waals surface area contributed by atoms with Gasteiger partial charge in [0, 0.05) is 41.5 Å². The molecular formula is C23H22ClN5O3. The molecule has 1 atom stereocenters. The van der Waals surface area contributed by atoms with E-state index >= 15 is 0 Å². The van der Waals surface area contributed by atoms with Crippen molar-refractivity contribution in [3.63, 3.8) is 0 Å². The first-order valence-electron chi connectivity index (χ1n) is 10.5. The molecule has 0 N–H and O–H groups in total. The van der Waals surface area contributed by atoms with Crippen LogP contribution in [0, 0.1) is 0 Å². The van der Waals surface area contributed by atoms with Crippen LogP contribution in [-0.2, 0) is 4.74 Å². The van der Waals surface area contributed by atoms with Gasteiger partial charge in [0.15, 0.2) is 0 Å². The van der Waals surface area contributed by atoms with Gasteiger partial charge in [0.25, 0.3) is 5.91 Å². The number of amides is 2. The summed E-state index contributed by atoms with van der Waals surface area (Å²) in [4.78, 5) is 29.3. The molecular weight excluding hydrogens is 430 g/mol. The molecule has 2 fully saturated rings. The second-order valence-electron chi connectivity index (χ2n) is 8.18. The van der Waals surface area contributed by atoms with Gasteiger partial charge >= 0.3 is 6.09 Å². The number of hydrogen-bond acceptors (Lipinski definition) is 5. The molecule has 164 valence electrons. The third kappa shape index (κ3) is 3.93. The molecule has 0 saturated carbocycles. The standard InChI is InChI=1S/C23H22ClN5O3/c24-18-5-7-19(8-6-18)29-14-23(32-22(29)31)9-2-11-27(12-10-23)21(30)17-3-1-4-20(13-17)28-15-25-26-16-28/h1,3-8,13,15-16H,2,9-12,14H2. The number of benzene rings is 2. The lowest BCUT2D eigenvalue weighted by Gasteiger charge is -2.25. The second kappa shape index (κ2) is 8.27. The monoisotopic (exact) mass is 451 g/mol. The Labute approximate surface area is 190 Å². The highest BCUT2D eigenvalue weighted by Crippen LogP contribution is 2.36. The van der Waals surface area contributed by atoms with E-state index in [1.54, 1.807) is 34.3 Å². The summed E-state index contributed by atoms with van der Waals surface area (Å²) in [6.45, 7) is 1.62. The molecule has 5 rings (SSSR count). The molecule has 2 aliphatic heterocycles. The van der Waals surface area contributed by atoms with Gasteiger partial charge in [0.2, 0.25) is 0 Å². The number of anilines is 1. The fourth-order valence-corrected chi connectivity index (χ4v) is 4.52. The van der Waals surface area contributed by atoms with Crippen LogP contribution in [0.4, 0.5) is 10.5 Å². The molecule has 2 aromatic carbocycles. The van der Waals surface area contributed by atoms with E-state index in [1.165, 1.54) is 0 Å². The average molecular weight is 452 g/mol. The Kier molecular flexibility index (Phi) is 5.30. The van der Waals surface area contributed by atoms with Crippen molar-refractivity contribution in [3.8, 4) is 5.69 Å². The zero-order valence-electron chi connectivity index (χ0n) is 17.4. The maximum atomic E-state index is 13.2. The summed E-state index contributed by atoms with van der Waals surface area (Å²) in [5.41, 5.74) is 1.61. The number of likely N-dealkylation sites (tertiary alicyclic amines) is 1. The third-order valence-corrected chi connectivity index (χ3v) is 6.36. The summed E-state index contributed by atoms with van der Waals surface area (Å²) < 4.78 is 7.63. The first-order chi connectivity index (χ1) is 15.5. The molecule has 0 bridgehead atoms. The maximum Gasteiger partial charge on any atom is 0.415 e. The first kappa shape index (κ1) is 20.5. The highest BCUT2D eigenvalue weighted by Gasteiger charge is 2.46. The quantitative estimate of drug-likeness (QED) is 0.602. The number of rotatable bonds is 3. The highest BCUT2D eigenvalue weighted by molar-refractivity contribution is 6.30. The van der Waals surface area contributed by atoms with Crippen molar-refractivity contribution in [2.75, 3.05) is 24.5 Å². The molecule has 1 aromatic heterocycles. The Hall–Kier alpha value is -3.39. The lowest BCUT2D eigenvalue weighted by atomic mass is 9.95. The summed E-state index contributed by atoms with van der Waals surface area (Å²) in [7, 11) is 0. The van der Waals surface area contributed by atoms with Crippen LogP contribution < -0.4 is 4.90 Å². The number of nitrogens with zero attached hydrogens (tertiary/aromatic N) is 5. The predicted octanol–water partition coefficient (Wildman–Crippen LogP) is 3.94. The van der Waals surface area contributed by atoms with Crippen molar-refractivity contribution in [2.45, 2.75) is 24.9 Å². The maximum absolute atomic E-state index is 13.2. The van der Waals surface area contributed by atoms with Gasteiger partial charge in [0.1, 0.15) is 18.3 Å². The molecule has 0 radical (unpaired) electrons. The molecule has 9 heteroatoms. The van der Waals surface area contributed by atoms with Crippen molar-refractivity contribution in [1.82, 2.24) is 19.7 Å². The molecule has 8 nitrogen and oxygen atoms in total. The lowest BCUT2D eigenvalue weighted by Crippen LogP contribution is -2.37. The molecule has 2 aliphatic rings. The minimum Gasteiger partial charge on any atom is -0.441 e. The minimum atomic E-state index is -0.587. The summed E-state index contributed by atoms with van der Waals surface area (Å²) in [5.74, 6) is -0.0316. The largest absolute Gasteiger partial charge is 0.441 e. The Morgan fingerprint density at radius 3 is 2.56 bits per heavy atom. The van der Waals surface area contributed by atoms with Crippen molar-refractivity contribution < 1.29 is 14.3 Å². The van der Waals surface area contributed by atoms with Crippen LogP contribution in [0.2, 0.25) is 5.02 Å². The van der Waals surface area contributed by atoms with Crippen LogP contribution in [0.25, 0.3) is 5.69 Å². The van der Waals surface area contributed by atoms with Gasteiger partial charge in [-0.25, -0.2) is 4.79 Å². The van der Waals surface area contributed by atoms with E-state index in [0.717, 1.165) is 17.8 Å². The Morgan fingerprint density at radius 2 is 1.78 bits per heavy atom. The summed E-state index contributed by atoms with van der Waals surface area (Å²) in [6, 6.07) is 14.6. The molecule has 2 saturated heterocycles. The van der Waals surface area contributed by atoms with E-state index in [2.05, 4.69) is 10.2 Å². The fraction of sp³-hybridized carbons (Fsp3) is 0.304. The van der Waals surface area contributed by atoms with E-state index in [0.29, 0.717) is 43.1 Å². The molecule has 2 amide bonds. The van der Waals surface area contributed by atoms with E-state index in [1.807, 2.05) is 41.3 Å². The summed E-state index contributed by atoms with van der Waals surface area (Å²) in [6.07, 6.45) is 4.92. The number of aromatic nitrogens is 3. The van der Waals surface area contributed by atoms with Crippen LogP contribution >= 0.6 is 11.6 Å². The zero-order valence-corrected chi connectivity index (χ0v) is 18.1. The number of ether oxygens (including phenoxy) is 1. The van der Waals surface area contributed by atoms with Crippen LogP contribution in [0.5, 0.6) is 0 Å². The van der Waals surface area contributed by atoms with E-state index in [-0.39, 0.29) is 12.0 Å². The number of halogens is 1. The molecule has 3 heterocycles. The molecule has 32 heavy (non-hydrogen) atoms. The molecule has 1 unspecified atom stereocenters. The Morgan fingerprint density at radius 1 is 1.00 bits per heavy atom. The van der Waals surface area contributed by atoms with Crippen molar-refractivity contribution in [2.24, 2.45) is 0 Å². The SMILES string of the molecule is O=C(c1cccc(-n2cnnc2)c1)N1CCCC2(CC1)CN(c1ccc(Cl)cc1)C(=O)O2. The van der Waals surface area contributed by atoms with Crippen LogP contribution in [0.15, 0.2) is 61.2 Å². The van der Waals surface area contributed by atoms with Crippen molar-refractivity contribution in [3.05, 3.63) is 71.8 Å². The lowest BCUT2D eigenvalue weighted by molar-refractivity contribution is 0.0438. The van der Waals surface area contributed by atoms with Crippen LogP contribution in [-0.4, -0.2) is 56.9 Å². The van der Waals surface area contributed by atoms with Crippen molar-refractivity contribution >= 4 is 29.3 Å². The van der Waals surface area contributed by atoms with E-state index in [9.17, 15) is 9.59 Å². The highest BCUT2D eigenvalue weighted by atomic mass is 35.5. The first-order valence-corrected chi connectivity index (χ1v) is 10.9. The van der Waals surface area contributed by atoms with Gasteiger partial charge in [0.05, 0.1) is 6.54 Å². The molecule has 1 spiro atoms. The predicted molar refractivity (Wildman–Crippen MR) is 119 cm³/mol. The topological polar surface area (TPSA) is 80.6 Å². The molecule has 0 aliphatic carbocycles. The van der Waals surface area contributed by atoms with Crippen LogP contribution in [0.1, 0.15) is 29.6 Å². The number of hydrogen-bond donors (Lipinski definition) is 0. The van der Waals surface area contributed by atoms with Gasteiger partial charge in [-0.1, -0.05) is 17.7 Å². The Balaban J connectivity index is 1.29. The van der Waals surface area contributed by atoms with Crippen LogP contribution in [0.3, 0.4) is 0 Å². The van der Waals surface area contributed by atoms with Gasteiger partial charge in [-0.05, 0) is 55.3 Å². The second-order valence-corrected chi connectivity index (χ2v) is 8.62. The van der Waals surface area contributed by atoms with E-state index < -0.39 is 5.60 Å². The zero-order chi connectivity index (χ0) is 22.1. The van der Waals surface area contributed by atoms with Gasteiger partial charge < -0.3 is 9.64 Å². The van der Waals surface area contributed by atoms with Gasteiger partial charge in [-0.15, -0.1) is 10.2 Å². The van der Waals surface area contributed by atoms with E-state index in [4.69, 9.17) is 16.3 Å². The average Bonchev–Trinajstić information content (AvgIpc) is 3.40. The minimum absolute atomic E-state index is 0.0316. The summed E-state index contributed by atoms with van der Waals surface area (Å²) >= 11 is 5.97. The summed E-state index contributed by atoms with van der Waals surface area (Å²) in [5, 5.41) is 8.26. The molecule has 3 aromatic rings. The normalized spacial score (nSPS) is 21.0. The number of carbonyl (C=O) groups excluding carboxylic acids is 2. The van der Waals surface area contributed by atoms with Crippen molar-refractivity contribution in [1.29, 1.82) is 0 Å².